The van der Waals surface area contributed by atoms with Gasteiger partial charge in [-0.1, -0.05) is 45.0 Å². The van der Waals surface area contributed by atoms with Crippen LogP contribution >= 0.6 is 0 Å². The standard InChI is InChI=1S/C16H25N/c1-4-17-11-9-16(10-12-17)15-7-5-14(6-8-15)13(2)3/h5-8,13,16H,4,9-12H2,1-3H3. The summed E-state index contributed by atoms with van der Waals surface area (Å²) in [6.07, 6.45) is 2.66. The second kappa shape index (κ2) is 5.68. The predicted molar refractivity (Wildman–Crippen MR) is 74.6 cm³/mol. The van der Waals surface area contributed by atoms with Crippen LogP contribution in [-0.2, 0) is 0 Å². The minimum atomic E-state index is 0.644. The lowest BCUT2D eigenvalue weighted by Gasteiger charge is -2.31. The van der Waals surface area contributed by atoms with Gasteiger partial charge in [0.1, 0.15) is 0 Å². The Labute approximate surface area is 106 Å². The van der Waals surface area contributed by atoms with Crippen LogP contribution in [0.5, 0.6) is 0 Å². The first-order chi connectivity index (χ1) is 8.20. The van der Waals surface area contributed by atoms with E-state index < -0.39 is 0 Å². The molecule has 0 radical (unpaired) electrons. The highest BCUT2D eigenvalue weighted by Gasteiger charge is 2.19. The second-order valence-electron chi connectivity index (χ2n) is 5.53. The van der Waals surface area contributed by atoms with E-state index in [9.17, 15) is 0 Å². The van der Waals surface area contributed by atoms with Gasteiger partial charge in [0.05, 0.1) is 0 Å². The van der Waals surface area contributed by atoms with Crippen molar-refractivity contribution in [3.05, 3.63) is 35.4 Å². The van der Waals surface area contributed by atoms with Gasteiger partial charge in [0, 0.05) is 0 Å². The molecule has 1 aromatic rings. The lowest BCUT2D eigenvalue weighted by molar-refractivity contribution is 0.222. The van der Waals surface area contributed by atoms with Crippen molar-refractivity contribution in [1.82, 2.24) is 4.90 Å². The quantitative estimate of drug-likeness (QED) is 0.759. The van der Waals surface area contributed by atoms with Gasteiger partial charge in [-0.05, 0) is 55.4 Å². The summed E-state index contributed by atoms with van der Waals surface area (Å²) < 4.78 is 0. The fourth-order valence-electron chi connectivity index (χ4n) is 2.74. The molecular formula is C16H25N. The first-order valence-corrected chi connectivity index (χ1v) is 7.03. The van der Waals surface area contributed by atoms with Crippen molar-refractivity contribution in [3.8, 4) is 0 Å². The molecule has 0 aliphatic carbocycles. The Balaban J connectivity index is 1.99. The smallest absolute Gasteiger partial charge is 0.00130 e. The van der Waals surface area contributed by atoms with Crippen LogP contribution in [0.15, 0.2) is 24.3 Å². The van der Waals surface area contributed by atoms with Crippen LogP contribution in [0.1, 0.15) is 56.6 Å². The highest BCUT2D eigenvalue weighted by Crippen LogP contribution is 2.28. The zero-order valence-electron chi connectivity index (χ0n) is 11.4. The van der Waals surface area contributed by atoms with Crippen molar-refractivity contribution >= 4 is 0 Å². The molecule has 1 fully saturated rings. The van der Waals surface area contributed by atoms with Gasteiger partial charge in [-0.15, -0.1) is 0 Å². The second-order valence-corrected chi connectivity index (χ2v) is 5.53. The maximum absolute atomic E-state index is 2.55. The number of rotatable bonds is 3. The Bertz CT molecular complexity index is 331. The Morgan fingerprint density at radius 3 is 2.18 bits per heavy atom. The van der Waals surface area contributed by atoms with E-state index in [0.717, 1.165) is 5.92 Å². The molecular weight excluding hydrogens is 206 g/mol. The first kappa shape index (κ1) is 12.6. The van der Waals surface area contributed by atoms with Crippen molar-refractivity contribution in [2.24, 2.45) is 0 Å². The number of nitrogens with zero attached hydrogens (tertiary/aromatic N) is 1. The molecule has 1 aliphatic rings. The third-order valence-corrected chi connectivity index (χ3v) is 4.11. The first-order valence-electron chi connectivity index (χ1n) is 7.03. The van der Waals surface area contributed by atoms with Gasteiger partial charge >= 0.3 is 0 Å². The molecule has 0 N–H and O–H groups in total. The van der Waals surface area contributed by atoms with Crippen LogP contribution in [0.3, 0.4) is 0 Å². The Kier molecular flexibility index (Phi) is 4.22. The molecule has 1 saturated heterocycles. The molecule has 94 valence electrons. The summed E-state index contributed by atoms with van der Waals surface area (Å²) in [6, 6.07) is 9.32. The van der Waals surface area contributed by atoms with Gasteiger partial charge in [0.15, 0.2) is 0 Å². The Morgan fingerprint density at radius 1 is 1.12 bits per heavy atom. The molecule has 1 heterocycles. The van der Waals surface area contributed by atoms with Gasteiger partial charge in [0.2, 0.25) is 0 Å². The van der Waals surface area contributed by atoms with Crippen molar-refractivity contribution in [1.29, 1.82) is 0 Å². The average Bonchev–Trinajstić information content (AvgIpc) is 2.39. The molecule has 17 heavy (non-hydrogen) atoms. The summed E-state index contributed by atoms with van der Waals surface area (Å²) >= 11 is 0. The fraction of sp³-hybridized carbons (Fsp3) is 0.625. The van der Waals surface area contributed by atoms with E-state index in [1.54, 1.807) is 5.56 Å². The Morgan fingerprint density at radius 2 is 1.71 bits per heavy atom. The highest BCUT2D eigenvalue weighted by atomic mass is 15.1. The topological polar surface area (TPSA) is 3.24 Å². The van der Waals surface area contributed by atoms with Gasteiger partial charge in [-0.3, -0.25) is 0 Å². The largest absolute Gasteiger partial charge is 0.304 e. The maximum atomic E-state index is 2.55. The number of benzene rings is 1. The maximum Gasteiger partial charge on any atom is -0.00130 e. The molecule has 1 aliphatic heterocycles. The number of hydrogen-bond acceptors (Lipinski definition) is 1. The van der Waals surface area contributed by atoms with Crippen molar-refractivity contribution in [3.63, 3.8) is 0 Å². The van der Waals surface area contributed by atoms with Crippen LogP contribution in [0.25, 0.3) is 0 Å². The van der Waals surface area contributed by atoms with E-state index in [1.807, 2.05) is 0 Å². The van der Waals surface area contributed by atoms with E-state index in [-0.39, 0.29) is 0 Å². The monoisotopic (exact) mass is 231 g/mol. The van der Waals surface area contributed by atoms with Gasteiger partial charge in [-0.25, -0.2) is 0 Å². The molecule has 0 atom stereocenters. The summed E-state index contributed by atoms with van der Waals surface area (Å²) in [4.78, 5) is 2.55. The van der Waals surface area contributed by atoms with E-state index in [0.29, 0.717) is 5.92 Å². The summed E-state index contributed by atoms with van der Waals surface area (Å²) in [5.41, 5.74) is 3.00. The number of likely N-dealkylation sites (tertiary alicyclic amines) is 1. The average molecular weight is 231 g/mol. The highest BCUT2D eigenvalue weighted by molar-refractivity contribution is 5.27. The lowest BCUT2D eigenvalue weighted by atomic mass is 9.88. The van der Waals surface area contributed by atoms with Gasteiger partial charge in [-0.2, -0.15) is 0 Å². The minimum Gasteiger partial charge on any atom is -0.304 e. The SMILES string of the molecule is CCN1CCC(c2ccc(C(C)C)cc2)CC1. The van der Waals surface area contributed by atoms with Crippen LogP contribution < -0.4 is 0 Å². The van der Waals surface area contributed by atoms with E-state index in [1.165, 1.54) is 38.0 Å². The molecule has 1 aromatic carbocycles. The minimum absolute atomic E-state index is 0.644. The summed E-state index contributed by atoms with van der Waals surface area (Å²) in [7, 11) is 0. The molecule has 0 spiro atoms. The number of hydrogen-bond donors (Lipinski definition) is 0. The van der Waals surface area contributed by atoms with Crippen LogP contribution in [0.2, 0.25) is 0 Å². The Hall–Kier alpha value is -0.820. The molecule has 0 unspecified atom stereocenters. The zero-order chi connectivity index (χ0) is 12.3. The van der Waals surface area contributed by atoms with Crippen LogP contribution in [0, 0.1) is 0 Å². The van der Waals surface area contributed by atoms with Crippen molar-refractivity contribution < 1.29 is 0 Å². The molecule has 0 amide bonds. The molecule has 0 bridgehead atoms. The molecule has 0 saturated carbocycles. The van der Waals surface area contributed by atoms with E-state index >= 15 is 0 Å². The fourth-order valence-corrected chi connectivity index (χ4v) is 2.74. The third kappa shape index (κ3) is 3.10. The lowest BCUT2D eigenvalue weighted by Crippen LogP contribution is -2.32. The normalized spacial score (nSPS) is 18.8. The summed E-state index contributed by atoms with van der Waals surface area (Å²) in [5, 5.41) is 0. The number of piperidine rings is 1. The van der Waals surface area contributed by atoms with Crippen LogP contribution in [0.4, 0.5) is 0 Å². The third-order valence-electron chi connectivity index (χ3n) is 4.11. The van der Waals surface area contributed by atoms with Crippen molar-refractivity contribution in [2.75, 3.05) is 19.6 Å². The van der Waals surface area contributed by atoms with Gasteiger partial charge < -0.3 is 4.90 Å². The summed E-state index contributed by atoms with van der Waals surface area (Å²) in [5.74, 6) is 1.44. The predicted octanol–water partition coefficient (Wildman–Crippen LogP) is 4.01. The van der Waals surface area contributed by atoms with Gasteiger partial charge in [0.25, 0.3) is 0 Å². The van der Waals surface area contributed by atoms with E-state index in [4.69, 9.17) is 0 Å². The molecule has 1 heteroatoms. The molecule has 0 aromatic heterocycles. The zero-order valence-corrected chi connectivity index (χ0v) is 11.4. The van der Waals surface area contributed by atoms with E-state index in [2.05, 4.69) is 49.9 Å². The molecule has 1 nitrogen and oxygen atoms in total. The molecule has 2 rings (SSSR count). The van der Waals surface area contributed by atoms with Crippen molar-refractivity contribution in [2.45, 2.75) is 45.4 Å². The summed E-state index contributed by atoms with van der Waals surface area (Å²) in [6.45, 7) is 10.5. The van der Waals surface area contributed by atoms with Crippen LogP contribution in [-0.4, -0.2) is 24.5 Å².